The van der Waals surface area contributed by atoms with Crippen LogP contribution in [0.25, 0.3) is 0 Å². The second-order valence-electron chi connectivity index (χ2n) is 6.77. The number of phenolic OH excluding ortho intramolecular Hbond substituents is 2. The molecule has 0 bridgehead atoms. The van der Waals surface area contributed by atoms with Crippen molar-refractivity contribution in [3.05, 3.63) is 34.4 Å². The van der Waals surface area contributed by atoms with Crippen molar-refractivity contribution in [1.29, 1.82) is 0 Å². The van der Waals surface area contributed by atoms with Crippen LogP contribution >= 0.6 is 0 Å². The zero-order chi connectivity index (χ0) is 18.6. The number of fused-ring (bicyclic) bond motifs is 1. The summed E-state index contributed by atoms with van der Waals surface area (Å²) in [5.74, 6) is -0.769. The quantitative estimate of drug-likeness (QED) is 0.330. The minimum absolute atomic E-state index is 0.0238. The van der Waals surface area contributed by atoms with Gasteiger partial charge in [-0.3, -0.25) is 0 Å². The fourth-order valence-electron chi connectivity index (χ4n) is 3.21. The van der Waals surface area contributed by atoms with Crippen molar-refractivity contribution in [2.45, 2.75) is 65.1 Å². The number of hydrogen-bond acceptors (Lipinski definition) is 5. The van der Waals surface area contributed by atoms with Crippen molar-refractivity contribution >= 4 is 5.97 Å². The summed E-state index contributed by atoms with van der Waals surface area (Å²) in [6.45, 7) is 6.00. The standard InChI is InChI=1S/C20H28O5/c1-5-6-7-8-15-19(24-4)16-14(21)11-13(10-9-12(2)3)18(22)17(16)20(23)25-15/h9,11,15,19,21-22H,5-8,10H2,1-4H3/t15-,19-/m0/s1. The summed E-state index contributed by atoms with van der Waals surface area (Å²) in [5.41, 5.74) is 1.94. The van der Waals surface area contributed by atoms with E-state index in [0.717, 1.165) is 24.8 Å². The predicted molar refractivity (Wildman–Crippen MR) is 96.0 cm³/mol. The highest BCUT2D eigenvalue weighted by Crippen LogP contribution is 2.44. The number of benzene rings is 1. The van der Waals surface area contributed by atoms with Crippen molar-refractivity contribution < 1.29 is 24.5 Å². The molecule has 1 aromatic carbocycles. The zero-order valence-corrected chi connectivity index (χ0v) is 15.5. The number of ether oxygens (including phenoxy) is 2. The Hall–Kier alpha value is -2.01. The maximum Gasteiger partial charge on any atom is 0.342 e. The molecule has 0 amide bonds. The van der Waals surface area contributed by atoms with Crippen LogP contribution in [0.2, 0.25) is 0 Å². The number of methoxy groups -OCH3 is 1. The molecule has 138 valence electrons. The zero-order valence-electron chi connectivity index (χ0n) is 15.5. The normalized spacial score (nSPS) is 19.3. The lowest BCUT2D eigenvalue weighted by Gasteiger charge is -2.33. The minimum Gasteiger partial charge on any atom is -0.508 e. The van der Waals surface area contributed by atoms with Gasteiger partial charge in [-0.2, -0.15) is 0 Å². The summed E-state index contributed by atoms with van der Waals surface area (Å²) in [4.78, 5) is 12.5. The maximum atomic E-state index is 12.5. The van der Waals surface area contributed by atoms with Crippen molar-refractivity contribution in [2.75, 3.05) is 7.11 Å². The van der Waals surface area contributed by atoms with Crippen molar-refractivity contribution in [1.82, 2.24) is 0 Å². The second-order valence-corrected chi connectivity index (χ2v) is 6.77. The van der Waals surface area contributed by atoms with E-state index in [0.29, 0.717) is 24.0 Å². The van der Waals surface area contributed by atoms with Crippen molar-refractivity contribution in [3.63, 3.8) is 0 Å². The molecule has 0 aromatic heterocycles. The number of unbranched alkanes of at least 4 members (excludes halogenated alkanes) is 2. The molecule has 0 spiro atoms. The third-order valence-corrected chi connectivity index (χ3v) is 4.56. The maximum absolute atomic E-state index is 12.5. The molecule has 5 heteroatoms. The number of hydrogen-bond donors (Lipinski definition) is 2. The molecular formula is C20H28O5. The Morgan fingerprint density at radius 3 is 2.64 bits per heavy atom. The molecule has 0 fully saturated rings. The third-order valence-electron chi connectivity index (χ3n) is 4.56. The number of phenols is 2. The Morgan fingerprint density at radius 1 is 1.32 bits per heavy atom. The first-order valence-electron chi connectivity index (χ1n) is 8.85. The van der Waals surface area contributed by atoms with E-state index in [9.17, 15) is 15.0 Å². The lowest BCUT2D eigenvalue weighted by molar-refractivity contribution is -0.0515. The van der Waals surface area contributed by atoms with Crippen LogP contribution in [0, 0.1) is 0 Å². The van der Waals surface area contributed by atoms with Crippen LogP contribution in [-0.4, -0.2) is 29.4 Å². The van der Waals surface area contributed by atoms with Crippen LogP contribution in [0.3, 0.4) is 0 Å². The van der Waals surface area contributed by atoms with Crippen LogP contribution in [0.1, 0.15) is 74.0 Å². The number of rotatable bonds is 7. The largest absolute Gasteiger partial charge is 0.508 e. The molecule has 2 rings (SSSR count). The smallest absolute Gasteiger partial charge is 0.342 e. The van der Waals surface area contributed by atoms with E-state index >= 15 is 0 Å². The third kappa shape index (κ3) is 4.15. The number of esters is 1. The van der Waals surface area contributed by atoms with Gasteiger partial charge in [-0.25, -0.2) is 4.79 Å². The van der Waals surface area contributed by atoms with Gasteiger partial charge in [-0.1, -0.05) is 31.4 Å². The van der Waals surface area contributed by atoms with Gasteiger partial charge >= 0.3 is 5.97 Å². The molecular weight excluding hydrogens is 320 g/mol. The average Bonchev–Trinajstić information content (AvgIpc) is 2.56. The molecule has 0 unspecified atom stereocenters. The monoisotopic (exact) mass is 348 g/mol. The summed E-state index contributed by atoms with van der Waals surface area (Å²) < 4.78 is 11.1. The van der Waals surface area contributed by atoms with E-state index in [1.807, 2.05) is 19.9 Å². The first-order valence-corrected chi connectivity index (χ1v) is 8.85. The summed E-state index contributed by atoms with van der Waals surface area (Å²) in [6.07, 6.45) is 5.01. The van der Waals surface area contributed by atoms with Crippen molar-refractivity contribution in [2.24, 2.45) is 0 Å². The second kappa shape index (κ2) is 8.39. The summed E-state index contributed by atoms with van der Waals surface area (Å²) in [7, 11) is 1.52. The van der Waals surface area contributed by atoms with Gasteiger partial charge in [-0.15, -0.1) is 0 Å². The van der Waals surface area contributed by atoms with Gasteiger partial charge in [0.25, 0.3) is 0 Å². The molecule has 0 saturated carbocycles. The van der Waals surface area contributed by atoms with Gasteiger partial charge in [-0.05, 0) is 39.2 Å². The van der Waals surface area contributed by atoms with E-state index in [2.05, 4.69) is 6.92 Å². The molecule has 5 nitrogen and oxygen atoms in total. The molecule has 1 heterocycles. The molecule has 25 heavy (non-hydrogen) atoms. The molecule has 0 aliphatic carbocycles. The minimum atomic E-state index is -0.600. The molecule has 0 saturated heterocycles. The topological polar surface area (TPSA) is 76.0 Å². The number of carbonyl (C=O) groups is 1. The fraction of sp³-hybridized carbons (Fsp3) is 0.550. The number of aromatic hydroxyl groups is 2. The Labute approximate surface area is 149 Å². The van der Waals surface area contributed by atoms with Crippen LogP contribution in [-0.2, 0) is 15.9 Å². The Bertz CT molecular complexity index is 659. The van der Waals surface area contributed by atoms with E-state index in [1.165, 1.54) is 13.2 Å². The van der Waals surface area contributed by atoms with E-state index < -0.39 is 18.2 Å². The fourth-order valence-corrected chi connectivity index (χ4v) is 3.21. The average molecular weight is 348 g/mol. The SMILES string of the molecule is CCCCC[C@@H]1OC(=O)c2c(O)c(CC=C(C)C)cc(O)c2[C@H]1OC. The van der Waals surface area contributed by atoms with Gasteiger partial charge in [0.05, 0.1) is 0 Å². The highest BCUT2D eigenvalue weighted by atomic mass is 16.6. The summed E-state index contributed by atoms with van der Waals surface area (Å²) in [5, 5.41) is 21.1. The first-order chi connectivity index (χ1) is 11.9. The molecule has 2 atom stereocenters. The van der Waals surface area contributed by atoms with E-state index in [4.69, 9.17) is 9.47 Å². The lowest BCUT2D eigenvalue weighted by atomic mass is 9.89. The molecule has 1 aromatic rings. The summed E-state index contributed by atoms with van der Waals surface area (Å²) in [6, 6.07) is 1.52. The van der Waals surface area contributed by atoms with E-state index in [1.54, 1.807) is 0 Å². The lowest BCUT2D eigenvalue weighted by Crippen LogP contribution is -2.33. The molecule has 0 radical (unpaired) electrons. The molecule has 2 N–H and O–H groups in total. The number of carbonyl (C=O) groups excluding carboxylic acids is 1. The van der Waals surface area contributed by atoms with Crippen LogP contribution in [0.4, 0.5) is 0 Å². The number of cyclic esters (lactones) is 1. The van der Waals surface area contributed by atoms with Gasteiger partial charge in [0.1, 0.15) is 29.3 Å². The van der Waals surface area contributed by atoms with Crippen LogP contribution < -0.4 is 0 Å². The van der Waals surface area contributed by atoms with E-state index in [-0.39, 0.29) is 17.1 Å². The Kier molecular flexibility index (Phi) is 6.48. The van der Waals surface area contributed by atoms with Gasteiger partial charge < -0.3 is 19.7 Å². The predicted octanol–water partition coefficient (Wildman–Crippen LogP) is 4.41. The molecule has 1 aliphatic heterocycles. The first kappa shape index (κ1) is 19.3. The highest BCUT2D eigenvalue weighted by molar-refractivity contribution is 5.97. The van der Waals surface area contributed by atoms with Crippen LogP contribution in [0.5, 0.6) is 11.5 Å². The Balaban J connectivity index is 2.43. The van der Waals surface area contributed by atoms with Crippen LogP contribution in [0.15, 0.2) is 17.7 Å². The van der Waals surface area contributed by atoms with Gasteiger partial charge in [0, 0.05) is 18.2 Å². The van der Waals surface area contributed by atoms with Crippen molar-refractivity contribution in [3.8, 4) is 11.5 Å². The number of allylic oxidation sites excluding steroid dienone is 2. The van der Waals surface area contributed by atoms with Gasteiger partial charge in [0.2, 0.25) is 0 Å². The Morgan fingerprint density at radius 2 is 2.04 bits per heavy atom. The van der Waals surface area contributed by atoms with Gasteiger partial charge in [0.15, 0.2) is 0 Å². The highest BCUT2D eigenvalue weighted by Gasteiger charge is 2.40. The molecule has 1 aliphatic rings. The summed E-state index contributed by atoms with van der Waals surface area (Å²) >= 11 is 0.